The summed E-state index contributed by atoms with van der Waals surface area (Å²) in [6, 6.07) is 6.06. The Hall–Kier alpha value is -1.90. The van der Waals surface area contributed by atoms with Crippen molar-refractivity contribution >= 4 is 33.2 Å². The molecular weight excluding hydrogens is 388 g/mol. The largest absolute Gasteiger partial charge is 0.321 e. The zero-order valence-electron chi connectivity index (χ0n) is 16.1. The van der Waals surface area contributed by atoms with E-state index in [0.29, 0.717) is 18.8 Å². The highest BCUT2D eigenvalue weighted by molar-refractivity contribution is 7.89. The van der Waals surface area contributed by atoms with Crippen LogP contribution in [0.25, 0.3) is 0 Å². The summed E-state index contributed by atoms with van der Waals surface area (Å²) < 4.78 is 26.8. The quantitative estimate of drug-likeness (QED) is 0.757. The third-order valence-electron chi connectivity index (χ3n) is 4.13. The lowest BCUT2D eigenvalue weighted by Crippen LogP contribution is -2.30. The van der Waals surface area contributed by atoms with Gasteiger partial charge in [0, 0.05) is 29.9 Å². The van der Waals surface area contributed by atoms with Crippen LogP contribution in [-0.4, -0.2) is 41.9 Å². The van der Waals surface area contributed by atoms with Crippen LogP contribution in [-0.2, 0) is 15.4 Å². The SMILES string of the molecule is CCN(CC)S(=O)(=O)c1cc(NC(=O)c2cc(C(C)(C)C)[nH]n2)ccc1Cl. The monoisotopic (exact) mass is 412 g/mol. The number of aromatic nitrogens is 2. The van der Waals surface area contributed by atoms with Crippen molar-refractivity contribution in [2.45, 2.75) is 44.9 Å². The van der Waals surface area contributed by atoms with Gasteiger partial charge in [-0.25, -0.2) is 8.42 Å². The van der Waals surface area contributed by atoms with E-state index in [-0.39, 0.29) is 21.0 Å². The van der Waals surface area contributed by atoms with Gasteiger partial charge >= 0.3 is 0 Å². The number of hydrogen-bond acceptors (Lipinski definition) is 4. The van der Waals surface area contributed by atoms with Crippen LogP contribution in [0.5, 0.6) is 0 Å². The summed E-state index contributed by atoms with van der Waals surface area (Å²) in [6.07, 6.45) is 0. The number of nitrogens with zero attached hydrogens (tertiary/aromatic N) is 2. The first kappa shape index (κ1) is 21.4. The average molecular weight is 413 g/mol. The summed E-state index contributed by atoms with van der Waals surface area (Å²) in [6.45, 7) is 10.2. The molecule has 1 heterocycles. The highest BCUT2D eigenvalue weighted by Gasteiger charge is 2.25. The van der Waals surface area contributed by atoms with E-state index in [1.807, 2.05) is 20.8 Å². The van der Waals surface area contributed by atoms with E-state index in [1.54, 1.807) is 26.0 Å². The Bertz CT molecular complexity index is 928. The van der Waals surface area contributed by atoms with Crippen LogP contribution in [0.1, 0.15) is 50.8 Å². The molecule has 0 atom stereocenters. The van der Waals surface area contributed by atoms with Crippen molar-refractivity contribution in [3.8, 4) is 0 Å². The van der Waals surface area contributed by atoms with Crippen LogP contribution in [0.2, 0.25) is 5.02 Å². The van der Waals surface area contributed by atoms with E-state index in [1.165, 1.54) is 16.4 Å². The first-order valence-electron chi connectivity index (χ1n) is 8.67. The molecule has 2 N–H and O–H groups in total. The van der Waals surface area contributed by atoms with Gasteiger partial charge in [-0.15, -0.1) is 0 Å². The minimum absolute atomic E-state index is 0.0388. The van der Waals surface area contributed by atoms with Gasteiger partial charge in [-0.2, -0.15) is 9.40 Å². The van der Waals surface area contributed by atoms with Crippen molar-refractivity contribution in [3.63, 3.8) is 0 Å². The summed E-state index contributed by atoms with van der Waals surface area (Å²) in [5.74, 6) is -0.435. The number of rotatable bonds is 6. The molecule has 27 heavy (non-hydrogen) atoms. The van der Waals surface area contributed by atoms with Crippen molar-refractivity contribution in [2.75, 3.05) is 18.4 Å². The number of H-pyrrole nitrogens is 1. The smallest absolute Gasteiger partial charge is 0.276 e. The molecule has 0 radical (unpaired) electrons. The van der Waals surface area contributed by atoms with Crippen molar-refractivity contribution in [2.24, 2.45) is 0 Å². The maximum absolute atomic E-state index is 12.7. The fourth-order valence-electron chi connectivity index (χ4n) is 2.50. The average Bonchev–Trinajstić information content (AvgIpc) is 3.08. The number of nitrogens with one attached hydrogen (secondary N) is 2. The maximum Gasteiger partial charge on any atom is 0.276 e. The summed E-state index contributed by atoms with van der Waals surface area (Å²) in [4.78, 5) is 12.4. The first-order chi connectivity index (χ1) is 12.5. The zero-order valence-corrected chi connectivity index (χ0v) is 17.7. The number of hydrogen-bond donors (Lipinski definition) is 2. The molecule has 0 unspecified atom stereocenters. The topological polar surface area (TPSA) is 95.2 Å². The zero-order chi connectivity index (χ0) is 20.4. The molecule has 7 nitrogen and oxygen atoms in total. The van der Waals surface area contributed by atoms with Gasteiger partial charge in [0.1, 0.15) is 4.90 Å². The van der Waals surface area contributed by atoms with Crippen LogP contribution in [0.15, 0.2) is 29.2 Å². The second-order valence-electron chi connectivity index (χ2n) is 7.11. The molecule has 0 fully saturated rings. The molecule has 0 saturated carbocycles. The molecule has 0 spiro atoms. The molecule has 148 valence electrons. The molecule has 2 aromatic rings. The summed E-state index contributed by atoms with van der Waals surface area (Å²) in [7, 11) is -3.74. The molecular formula is C18H25ClN4O3S. The minimum atomic E-state index is -3.74. The number of carbonyl (C=O) groups is 1. The number of sulfonamides is 1. The number of amides is 1. The van der Waals surface area contributed by atoms with Gasteiger partial charge < -0.3 is 5.32 Å². The van der Waals surface area contributed by atoms with Gasteiger partial charge in [0.15, 0.2) is 5.69 Å². The third-order valence-corrected chi connectivity index (χ3v) is 6.66. The van der Waals surface area contributed by atoms with Gasteiger partial charge in [0.2, 0.25) is 10.0 Å². The lowest BCUT2D eigenvalue weighted by molar-refractivity contribution is 0.102. The van der Waals surface area contributed by atoms with Crippen molar-refractivity contribution in [3.05, 3.63) is 40.7 Å². The molecule has 1 aromatic carbocycles. The molecule has 0 aliphatic carbocycles. The lowest BCUT2D eigenvalue weighted by atomic mass is 9.92. The third kappa shape index (κ3) is 4.69. The first-order valence-corrected chi connectivity index (χ1v) is 10.5. The van der Waals surface area contributed by atoms with Gasteiger partial charge in [-0.1, -0.05) is 46.2 Å². The van der Waals surface area contributed by atoms with E-state index in [4.69, 9.17) is 11.6 Å². The minimum Gasteiger partial charge on any atom is -0.321 e. The Morgan fingerprint density at radius 1 is 1.22 bits per heavy atom. The fraction of sp³-hybridized carbons (Fsp3) is 0.444. The van der Waals surface area contributed by atoms with Crippen LogP contribution in [0.4, 0.5) is 5.69 Å². The van der Waals surface area contributed by atoms with Crippen LogP contribution < -0.4 is 5.32 Å². The van der Waals surface area contributed by atoms with Crippen LogP contribution >= 0.6 is 11.6 Å². The van der Waals surface area contributed by atoms with E-state index >= 15 is 0 Å². The highest BCUT2D eigenvalue weighted by Crippen LogP contribution is 2.28. The molecule has 2 rings (SSSR count). The second-order valence-corrected chi connectivity index (χ2v) is 9.42. The predicted molar refractivity (Wildman–Crippen MR) is 107 cm³/mol. The van der Waals surface area contributed by atoms with Crippen LogP contribution in [0, 0.1) is 0 Å². The fourth-order valence-corrected chi connectivity index (χ4v) is 4.46. The number of carbonyl (C=O) groups excluding carboxylic acids is 1. The summed E-state index contributed by atoms with van der Waals surface area (Å²) >= 11 is 6.11. The van der Waals surface area contributed by atoms with E-state index in [9.17, 15) is 13.2 Å². The van der Waals surface area contributed by atoms with Gasteiger partial charge in [0.25, 0.3) is 5.91 Å². The molecule has 0 bridgehead atoms. The van der Waals surface area contributed by atoms with E-state index in [0.717, 1.165) is 5.69 Å². The Labute approximate surface area is 165 Å². The Morgan fingerprint density at radius 2 is 1.85 bits per heavy atom. The number of anilines is 1. The van der Waals surface area contributed by atoms with Crippen molar-refractivity contribution in [1.82, 2.24) is 14.5 Å². The number of aromatic amines is 1. The molecule has 0 aliphatic rings. The molecule has 0 saturated heterocycles. The Kier molecular flexibility index (Phi) is 6.34. The second kappa shape index (κ2) is 8.00. The van der Waals surface area contributed by atoms with E-state index < -0.39 is 15.9 Å². The molecule has 1 amide bonds. The number of halogens is 1. The molecule has 9 heteroatoms. The van der Waals surface area contributed by atoms with Crippen molar-refractivity contribution < 1.29 is 13.2 Å². The van der Waals surface area contributed by atoms with Gasteiger partial charge in [-0.3, -0.25) is 9.89 Å². The van der Waals surface area contributed by atoms with Gasteiger partial charge in [-0.05, 0) is 24.3 Å². The Morgan fingerprint density at radius 3 is 2.37 bits per heavy atom. The summed E-state index contributed by atoms with van der Waals surface area (Å²) in [5.41, 5.74) is 1.21. The standard InChI is InChI=1S/C18H25ClN4O3S/c1-6-23(7-2)27(25,26)15-10-12(8-9-13(15)19)20-17(24)14-11-16(22-21-14)18(3,4)5/h8-11H,6-7H2,1-5H3,(H,20,24)(H,21,22). The Balaban J connectivity index is 2.31. The lowest BCUT2D eigenvalue weighted by Gasteiger charge is -2.19. The highest BCUT2D eigenvalue weighted by atomic mass is 35.5. The molecule has 0 aliphatic heterocycles. The van der Waals surface area contributed by atoms with E-state index in [2.05, 4.69) is 15.5 Å². The predicted octanol–water partition coefficient (Wildman–Crippen LogP) is 3.64. The molecule has 1 aromatic heterocycles. The maximum atomic E-state index is 12.7. The summed E-state index contributed by atoms with van der Waals surface area (Å²) in [5, 5.41) is 9.67. The van der Waals surface area contributed by atoms with Crippen LogP contribution in [0.3, 0.4) is 0 Å². The van der Waals surface area contributed by atoms with Crippen molar-refractivity contribution in [1.29, 1.82) is 0 Å². The normalized spacial score (nSPS) is 12.4. The van der Waals surface area contributed by atoms with Gasteiger partial charge in [0.05, 0.1) is 5.02 Å². The number of benzene rings is 1.